The van der Waals surface area contributed by atoms with Gasteiger partial charge in [-0.2, -0.15) is 0 Å². The molecule has 0 aromatic heterocycles. The van der Waals surface area contributed by atoms with Crippen LogP contribution >= 0.6 is 7.82 Å². The number of likely N-dealkylation sites (N-methyl/N-ethyl adjacent to an activating group) is 1. The first-order chi connectivity index (χ1) is 23.8. The number of aliphatic hydroxyl groups excluding tert-OH is 1. The second-order valence-electron chi connectivity index (χ2n) is 13.5. The lowest BCUT2D eigenvalue weighted by atomic mass is 10.0. The number of phosphoric ester groups is 1. The van der Waals surface area contributed by atoms with E-state index in [0.717, 1.165) is 64.5 Å². The number of rotatable bonds is 40. The number of aliphatic hydroxyl groups is 1. The second-order valence-corrected chi connectivity index (χ2v) is 14.9. The van der Waals surface area contributed by atoms with Gasteiger partial charge in [0.1, 0.15) is 12.7 Å². The standard InChI is InChI=1S/C37H77N2O9P/c1-4-5-6-7-8-9-10-11-12-13-15-18-21-25-37(41)46-34-36(35-48-49(42,43)47-32-28-39(2)3)45-31-23-20-17-14-16-19-22-26-38-27-24-30-44-33-29-40/h36,38,40H,4-35H2,1-3H3,(H,42,43)/t36-/m1/s1. The van der Waals surface area contributed by atoms with Crippen LogP contribution in [0.3, 0.4) is 0 Å². The van der Waals surface area contributed by atoms with Crippen molar-refractivity contribution in [1.82, 2.24) is 10.2 Å². The van der Waals surface area contributed by atoms with Gasteiger partial charge in [-0.15, -0.1) is 0 Å². The molecule has 0 fully saturated rings. The molecule has 12 heteroatoms. The van der Waals surface area contributed by atoms with Gasteiger partial charge < -0.3 is 34.4 Å². The van der Waals surface area contributed by atoms with Crippen LogP contribution in [0.1, 0.15) is 148 Å². The van der Waals surface area contributed by atoms with Crippen LogP contribution in [0.2, 0.25) is 0 Å². The molecule has 0 saturated heterocycles. The number of nitrogens with zero attached hydrogens (tertiary/aromatic N) is 1. The molecule has 49 heavy (non-hydrogen) atoms. The fourth-order valence-electron chi connectivity index (χ4n) is 5.32. The van der Waals surface area contributed by atoms with E-state index in [1.54, 1.807) is 0 Å². The maximum Gasteiger partial charge on any atom is 0.472 e. The minimum atomic E-state index is -4.24. The monoisotopic (exact) mass is 725 g/mol. The maximum absolute atomic E-state index is 12.4. The van der Waals surface area contributed by atoms with Gasteiger partial charge in [-0.1, -0.05) is 116 Å². The van der Waals surface area contributed by atoms with Crippen molar-refractivity contribution in [2.24, 2.45) is 0 Å². The van der Waals surface area contributed by atoms with Crippen LogP contribution in [-0.2, 0) is 32.6 Å². The van der Waals surface area contributed by atoms with Crippen LogP contribution in [0.4, 0.5) is 0 Å². The number of esters is 1. The van der Waals surface area contributed by atoms with Crippen LogP contribution in [0.15, 0.2) is 0 Å². The molecule has 294 valence electrons. The quantitative estimate of drug-likeness (QED) is 0.0324. The lowest BCUT2D eigenvalue weighted by Gasteiger charge is -2.20. The molecule has 0 aromatic carbocycles. The lowest BCUT2D eigenvalue weighted by molar-refractivity contribution is -0.149. The summed E-state index contributed by atoms with van der Waals surface area (Å²) >= 11 is 0. The second kappa shape index (κ2) is 37.1. The van der Waals surface area contributed by atoms with Crippen molar-refractivity contribution in [1.29, 1.82) is 0 Å². The maximum atomic E-state index is 12.4. The Bertz CT molecular complexity index is 749. The van der Waals surface area contributed by atoms with Gasteiger partial charge in [0.2, 0.25) is 0 Å². The molecule has 0 rings (SSSR count). The van der Waals surface area contributed by atoms with E-state index in [9.17, 15) is 14.3 Å². The Kier molecular flexibility index (Phi) is 36.7. The predicted molar refractivity (Wildman–Crippen MR) is 199 cm³/mol. The fourth-order valence-corrected chi connectivity index (χ4v) is 6.06. The molecule has 2 atom stereocenters. The Balaban J connectivity index is 4.14. The Labute approximate surface area is 300 Å². The summed E-state index contributed by atoms with van der Waals surface area (Å²) in [4.78, 5) is 24.3. The van der Waals surface area contributed by atoms with Crippen molar-refractivity contribution in [2.75, 3.05) is 80.0 Å². The molecular formula is C37H77N2O9P. The van der Waals surface area contributed by atoms with Crippen molar-refractivity contribution in [3.8, 4) is 0 Å². The van der Waals surface area contributed by atoms with Crippen LogP contribution in [0.5, 0.6) is 0 Å². The molecule has 0 spiro atoms. The summed E-state index contributed by atoms with van der Waals surface area (Å²) in [6.45, 7) is 6.21. The summed E-state index contributed by atoms with van der Waals surface area (Å²) in [5.74, 6) is -0.270. The van der Waals surface area contributed by atoms with E-state index in [1.807, 2.05) is 19.0 Å². The van der Waals surface area contributed by atoms with E-state index in [2.05, 4.69) is 12.2 Å². The third-order valence-electron chi connectivity index (χ3n) is 8.36. The molecule has 0 heterocycles. The van der Waals surface area contributed by atoms with Gasteiger partial charge in [0.25, 0.3) is 0 Å². The third kappa shape index (κ3) is 38.4. The largest absolute Gasteiger partial charge is 0.472 e. The normalized spacial score (nSPS) is 13.6. The lowest BCUT2D eigenvalue weighted by Crippen LogP contribution is -2.27. The highest BCUT2D eigenvalue weighted by atomic mass is 31.2. The molecule has 0 aliphatic rings. The number of carbonyl (C=O) groups excluding carboxylic acids is 1. The zero-order chi connectivity index (χ0) is 36.1. The number of unbranched alkanes of at least 4 members (excludes halogenated alkanes) is 18. The zero-order valence-electron chi connectivity index (χ0n) is 31.9. The molecule has 0 aliphatic heterocycles. The molecular weight excluding hydrogens is 647 g/mol. The van der Waals surface area contributed by atoms with Gasteiger partial charge >= 0.3 is 13.8 Å². The summed E-state index contributed by atoms with van der Waals surface area (Å²) in [7, 11) is -0.535. The van der Waals surface area contributed by atoms with Crippen molar-refractivity contribution >= 4 is 13.8 Å². The highest BCUT2D eigenvalue weighted by Gasteiger charge is 2.24. The van der Waals surface area contributed by atoms with Gasteiger partial charge in [0.15, 0.2) is 0 Å². The molecule has 11 nitrogen and oxygen atoms in total. The first kappa shape index (κ1) is 48.4. The summed E-state index contributed by atoms with van der Waals surface area (Å²) in [5, 5.41) is 12.1. The van der Waals surface area contributed by atoms with Crippen LogP contribution < -0.4 is 5.32 Å². The van der Waals surface area contributed by atoms with Crippen LogP contribution in [0.25, 0.3) is 0 Å². The molecule has 0 bridgehead atoms. The van der Waals surface area contributed by atoms with Crippen molar-refractivity contribution in [3.63, 3.8) is 0 Å². The fraction of sp³-hybridized carbons (Fsp3) is 0.973. The first-order valence-corrected chi connectivity index (χ1v) is 21.2. The van der Waals surface area contributed by atoms with Crippen LogP contribution in [-0.4, -0.2) is 107 Å². The molecule has 0 aliphatic carbocycles. The predicted octanol–water partition coefficient (Wildman–Crippen LogP) is 7.81. The van der Waals surface area contributed by atoms with E-state index < -0.39 is 13.9 Å². The first-order valence-electron chi connectivity index (χ1n) is 19.7. The minimum Gasteiger partial charge on any atom is -0.463 e. The van der Waals surface area contributed by atoms with E-state index in [-0.39, 0.29) is 32.4 Å². The van der Waals surface area contributed by atoms with Gasteiger partial charge in [-0.3, -0.25) is 13.8 Å². The average Bonchev–Trinajstić information content (AvgIpc) is 3.07. The molecule has 1 unspecified atom stereocenters. The highest BCUT2D eigenvalue weighted by Crippen LogP contribution is 2.43. The Morgan fingerprint density at radius 2 is 1.22 bits per heavy atom. The Morgan fingerprint density at radius 3 is 1.82 bits per heavy atom. The molecule has 0 saturated carbocycles. The van der Waals surface area contributed by atoms with Gasteiger partial charge in [0.05, 0.1) is 26.4 Å². The highest BCUT2D eigenvalue weighted by molar-refractivity contribution is 7.47. The smallest absolute Gasteiger partial charge is 0.463 e. The average molecular weight is 725 g/mol. The number of hydrogen-bond acceptors (Lipinski definition) is 10. The molecule has 3 N–H and O–H groups in total. The van der Waals surface area contributed by atoms with Crippen molar-refractivity contribution in [2.45, 2.75) is 154 Å². The number of carbonyl (C=O) groups is 1. The van der Waals surface area contributed by atoms with Crippen molar-refractivity contribution in [3.05, 3.63) is 0 Å². The summed E-state index contributed by atoms with van der Waals surface area (Å²) in [6.07, 6.45) is 24.7. The van der Waals surface area contributed by atoms with E-state index in [0.29, 0.717) is 32.8 Å². The van der Waals surface area contributed by atoms with E-state index >= 15 is 0 Å². The number of hydrogen-bond donors (Lipinski definition) is 3. The topological polar surface area (TPSA) is 136 Å². The number of nitrogens with one attached hydrogen (secondary N) is 1. The van der Waals surface area contributed by atoms with Crippen molar-refractivity contribution < 1.29 is 42.6 Å². The Hall–Kier alpha value is -0.620. The summed E-state index contributed by atoms with van der Waals surface area (Å²) in [6, 6.07) is 0. The van der Waals surface area contributed by atoms with Gasteiger partial charge in [0, 0.05) is 26.2 Å². The molecule has 0 radical (unpaired) electrons. The van der Waals surface area contributed by atoms with Gasteiger partial charge in [-0.25, -0.2) is 4.57 Å². The zero-order valence-corrected chi connectivity index (χ0v) is 32.7. The van der Waals surface area contributed by atoms with Gasteiger partial charge in [-0.05, 0) is 52.9 Å². The molecule has 0 amide bonds. The summed E-state index contributed by atoms with van der Waals surface area (Å²) in [5.41, 5.74) is 0. The third-order valence-corrected chi connectivity index (χ3v) is 9.34. The van der Waals surface area contributed by atoms with Crippen LogP contribution in [0, 0.1) is 0 Å². The SMILES string of the molecule is CCCCCCCCCCCCCCCC(=O)OC[C@H](COP(=O)(O)OCCN(C)C)OCCCCCCCCCNCCCOCCO. The number of ether oxygens (including phenoxy) is 3. The minimum absolute atomic E-state index is 0.0152. The van der Waals surface area contributed by atoms with E-state index in [1.165, 1.54) is 83.5 Å². The number of phosphoric acid groups is 1. The molecule has 0 aromatic rings. The Morgan fingerprint density at radius 1 is 0.673 bits per heavy atom. The van der Waals surface area contributed by atoms with E-state index in [4.69, 9.17) is 28.4 Å². The summed E-state index contributed by atoms with van der Waals surface area (Å²) < 4.78 is 39.2.